The van der Waals surface area contributed by atoms with Crippen LogP contribution in [0, 0.1) is 0 Å². The lowest BCUT2D eigenvalue weighted by Gasteiger charge is -2.07. The van der Waals surface area contributed by atoms with Crippen LogP contribution in [-0.4, -0.2) is 34.5 Å². The monoisotopic (exact) mass is 306 g/mol. The maximum absolute atomic E-state index is 11.5. The Labute approximate surface area is 128 Å². The highest BCUT2D eigenvalue weighted by Crippen LogP contribution is 2.16. The fourth-order valence-corrected chi connectivity index (χ4v) is 1.61. The first-order valence-corrected chi connectivity index (χ1v) is 6.86. The second kappa shape index (κ2) is 8.56. The highest BCUT2D eigenvalue weighted by atomic mass is 16.5. The van der Waals surface area contributed by atoms with Crippen molar-refractivity contribution in [1.29, 1.82) is 0 Å². The van der Waals surface area contributed by atoms with Gasteiger partial charge in [-0.05, 0) is 31.1 Å². The van der Waals surface area contributed by atoms with Crippen LogP contribution in [0.3, 0.4) is 0 Å². The van der Waals surface area contributed by atoms with Crippen molar-refractivity contribution in [2.24, 2.45) is 0 Å². The number of carbonyl (C=O) groups is 3. The van der Waals surface area contributed by atoms with E-state index >= 15 is 0 Å². The number of aromatic nitrogens is 1. The Kier molecular flexibility index (Phi) is 6.75. The van der Waals surface area contributed by atoms with Gasteiger partial charge in [-0.3, -0.25) is 4.79 Å². The number of rotatable bonds is 7. The topological polar surface area (TPSA) is 106 Å². The molecular formula is C15H18N2O5. The third-order valence-corrected chi connectivity index (χ3v) is 2.57. The van der Waals surface area contributed by atoms with E-state index in [1.54, 1.807) is 6.92 Å². The molecule has 0 aromatic carbocycles. The summed E-state index contributed by atoms with van der Waals surface area (Å²) in [6, 6.07) is 1.33. The van der Waals surface area contributed by atoms with Crippen LogP contribution < -0.4 is 5.32 Å². The van der Waals surface area contributed by atoms with Crippen molar-refractivity contribution >= 4 is 29.7 Å². The molecule has 2 N–H and O–H groups in total. The van der Waals surface area contributed by atoms with Gasteiger partial charge in [0.15, 0.2) is 0 Å². The first-order chi connectivity index (χ1) is 10.5. The lowest BCUT2D eigenvalue weighted by atomic mass is 10.1. The summed E-state index contributed by atoms with van der Waals surface area (Å²) in [4.78, 5) is 37.9. The minimum Gasteiger partial charge on any atom is -0.478 e. The summed E-state index contributed by atoms with van der Waals surface area (Å²) in [7, 11) is 0. The number of nitrogens with one attached hydrogen (secondary N) is 1. The van der Waals surface area contributed by atoms with Crippen LogP contribution in [0.1, 0.15) is 42.6 Å². The molecule has 1 heterocycles. The van der Waals surface area contributed by atoms with Crippen molar-refractivity contribution in [2.75, 3.05) is 11.9 Å². The molecule has 0 radical (unpaired) electrons. The summed E-state index contributed by atoms with van der Waals surface area (Å²) in [5.74, 6) is -2.06. The molecule has 0 aliphatic rings. The molecule has 118 valence electrons. The van der Waals surface area contributed by atoms with E-state index in [2.05, 4.69) is 10.3 Å². The molecule has 0 bridgehead atoms. The number of carboxylic acid groups (broad SMARTS) is 1. The minimum atomic E-state index is -1.22. The van der Waals surface area contributed by atoms with Gasteiger partial charge in [0.05, 0.1) is 6.61 Å². The highest BCUT2D eigenvalue weighted by Gasteiger charge is 2.14. The van der Waals surface area contributed by atoms with Crippen LogP contribution >= 0.6 is 0 Å². The highest BCUT2D eigenvalue weighted by molar-refractivity contribution is 5.99. The Morgan fingerprint density at radius 2 is 2.09 bits per heavy atom. The SMILES string of the molecule is CCCC(=O)Nc1ncc(C=CC(=O)OCC)cc1C(=O)O. The molecule has 1 aromatic rings. The van der Waals surface area contributed by atoms with Crippen LogP contribution in [0.2, 0.25) is 0 Å². The molecule has 7 nitrogen and oxygen atoms in total. The van der Waals surface area contributed by atoms with Crippen molar-refractivity contribution in [3.05, 3.63) is 29.5 Å². The molecule has 0 unspecified atom stereocenters. The van der Waals surface area contributed by atoms with Crippen LogP contribution in [-0.2, 0) is 14.3 Å². The van der Waals surface area contributed by atoms with E-state index in [9.17, 15) is 19.5 Å². The lowest BCUT2D eigenvalue weighted by molar-refractivity contribution is -0.137. The molecule has 0 saturated heterocycles. The normalized spacial score (nSPS) is 10.5. The first-order valence-electron chi connectivity index (χ1n) is 6.86. The number of nitrogens with zero attached hydrogens (tertiary/aromatic N) is 1. The molecule has 1 rings (SSSR count). The van der Waals surface area contributed by atoms with Crippen LogP contribution in [0.5, 0.6) is 0 Å². The van der Waals surface area contributed by atoms with Crippen molar-refractivity contribution in [3.8, 4) is 0 Å². The molecule has 7 heteroatoms. The van der Waals surface area contributed by atoms with Crippen molar-refractivity contribution in [1.82, 2.24) is 4.98 Å². The van der Waals surface area contributed by atoms with E-state index in [4.69, 9.17) is 4.74 Å². The van der Waals surface area contributed by atoms with Crippen molar-refractivity contribution in [3.63, 3.8) is 0 Å². The number of aromatic carboxylic acids is 1. The number of ether oxygens (including phenoxy) is 1. The number of hydrogen-bond donors (Lipinski definition) is 2. The Morgan fingerprint density at radius 3 is 2.68 bits per heavy atom. The number of carbonyl (C=O) groups excluding carboxylic acids is 2. The fraction of sp³-hybridized carbons (Fsp3) is 0.333. The Hall–Kier alpha value is -2.70. The van der Waals surface area contributed by atoms with Crippen LogP contribution in [0.15, 0.2) is 18.3 Å². The second-order valence-corrected chi connectivity index (χ2v) is 4.35. The van der Waals surface area contributed by atoms with E-state index in [1.807, 2.05) is 6.92 Å². The van der Waals surface area contributed by atoms with Gasteiger partial charge >= 0.3 is 11.9 Å². The van der Waals surface area contributed by atoms with Gasteiger partial charge in [0.25, 0.3) is 0 Å². The number of carboxylic acids is 1. The predicted molar refractivity (Wildman–Crippen MR) is 80.4 cm³/mol. The van der Waals surface area contributed by atoms with Gasteiger partial charge in [0, 0.05) is 18.7 Å². The predicted octanol–water partition coefficient (Wildman–Crippen LogP) is 2.09. The van der Waals surface area contributed by atoms with E-state index in [1.165, 1.54) is 24.4 Å². The number of pyridine rings is 1. The molecule has 0 spiro atoms. The summed E-state index contributed by atoms with van der Waals surface area (Å²) < 4.78 is 4.73. The number of anilines is 1. The lowest BCUT2D eigenvalue weighted by Crippen LogP contribution is -2.15. The summed E-state index contributed by atoms with van der Waals surface area (Å²) in [5.41, 5.74) is 0.273. The molecule has 0 saturated carbocycles. The quantitative estimate of drug-likeness (QED) is 0.590. The van der Waals surface area contributed by atoms with Gasteiger partial charge in [-0.15, -0.1) is 0 Å². The molecule has 0 atom stereocenters. The van der Waals surface area contributed by atoms with Gasteiger partial charge in [-0.1, -0.05) is 6.92 Å². The van der Waals surface area contributed by atoms with E-state index in [0.717, 1.165) is 0 Å². The van der Waals surface area contributed by atoms with Crippen LogP contribution in [0.25, 0.3) is 6.08 Å². The van der Waals surface area contributed by atoms with Crippen molar-refractivity contribution in [2.45, 2.75) is 26.7 Å². The van der Waals surface area contributed by atoms with E-state index in [-0.39, 0.29) is 30.3 Å². The van der Waals surface area contributed by atoms with E-state index in [0.29, 0.717) is 12.0 Å². The average Bonchev–Trinajstić information content (AvgIpc) is 2.46. The van der Waals surface area contributed by atoms with Crippen LogP contribution in [0.4, 0.5) is 5.82 Å². The Balaban J connectivity index is 2.97. The molecule has 0 aliphatic heterocycles. The first kappa shape index (κ1) is 17.4. The molecule has 1 aromatic heterocycles. The smallest absolute Gasteiger partial charge is 0.339 e. The van der Waals surface area contributed by atoms with Gasteiger partial charge in [-0.2, -0.15) is 0 Å². The number of hydrogen-bond acceptors (Lipinski definition) is 5. The van der Waals surface area contributed by atoms with Gasteiger partial charge in [0.2, 0.25) is 5.91 Å². The molecule has 0 fully saturated rings. The zero-order valence-electron chi connectivity index (χ0n) is 12.5. The minimum absolute atomic E-state index is 0.0146. The van der Waals surface area contributed by atoms with Gasteiger partial charge in [-0.25, -0.2) is 14.6 Å². The van der Waals surface area contributed by atoms with E-state index < -0.39 is 11.9 Å². The second-order valence-electron chi connectivity index (χ2n) is 4.35. The molecular weight excluding hydrogens is 288 g/mol. The number of esters is 1. The number of amides is 1. The third kappa shape index (κ3) is 5.35. The summed E-state index contributed by atoms with van der Waals surface area (Å²) in [6.07, 6.45) is 4.88. The fourth-order valence-electron chi connectivity index (χ4n) is 1.61. The summed E-state index contributed by atoms with van der Waals surface area (Å²) in [6.45, 7) is 3.78. The third-order valence-electron chi connectivity index (χ3n) is 2.57. The van der Waals surface area contributed by atoms with Gasteiger partial charge < -0.3 is 15.2 Å². The largest absolute Gasteiger partial charge is 0.478 e. The Bertz CT molecular complexity index is 596. The zero-order valence-corrected chi connectivity index (χ0v) is 12.5. The molecule has 22 heavy (non-hydrogen) atoms. The maximum Gasteiger partial charge on any atom is 0.339 e. The Morgan fingerprint density at radius 1 is 1.36 bits per heavy atom. The van der Waals surface area contributed by atoms with Crippen molar-refractivity contribution < 1.29 is 24.2 Å². The van der Waals surface area contributed by atoms with Gasteiger partial charge in [0.1, 0.15) is 11.4 Å². The average molecular weight is 306 g/mol. The molecule has 0 aliphatic carbocycles. The summed E-state index contributed by atoms with van der Waals surface area (Å²) in [5, 5.41) is 11.6. The molecule has 1 amide bonds. The summed E-state index contributed by atoms with van der Waals surface area (Å²) >= 11 is 0. The zero-order chi connectivity index (χ0) is 16.5. The maximum atomic E-state index is 11.5. The standard InChI is InChI=1S/C15H18N2O5/c1-3-5-12(18)17-14-11(15(20)21)8-10(9-16-14)6-7-13(19)22-4-2/h6-9H,3-5H2,1-2H3,(H,20,21)(H,16,17,18).